The van der Waals surface area contributed by atoms with E-state index in [1.165, 1.54) is 13.2 Å². The number of fused-ring (bicyclic) bond motifs is 1. The molecule has 0 aliphatic carbocycles. The number of rotatable bonds is 4. The van der Waals surface area contributed by atoms with Gasteiger partial charge < -0.3 is 9.47 Å². The molecule has 0 saturated carbocycles. The van der Waals surface area contributed by atoms with E-state index in [1.807, 2.05) is 32.9 Å². The van der Waals surface area contributed by atoms with Crippen molar-refractivity contribution in [3.05, 3.63) is 58.1 Å². The van der Waals surface area contributed by atoms with Crippen LogP contribution in [-0.2, 0) is 9.53 Å². The highest BCUT2D eigenvalue weighted by Crippen LogP contribution is 2.33. The largest absolute Gasteiger partial charge is 0.468 e. The minimum Gasteiger partial charge on any atom is -0.468 e. The normalized spacial score (nSPS) is 13.0. The first kappa shape index (κ1) is 17.7. The third-order valence-electron chi connectivity index (χ3n) is 4.28. The summed E-state index contributed by atoms with van der Waals surface area (Å²) in [5.74, 6) is -0.511. The number of imide groups is 1. The molecule has 1 aliphatic rings. The van der Waals surface area contributed by atoms with E-state index >= 15 is 0 Å². The first-order valence-corrected chi connectivity index (χ1v) is 8.14. The molecule has 2 aromatic rings. The summed E-state index contributed by atoms with van der Waals surface area (Å²) in [6.45, 7) is 5.51. The standard InChI is InChI=1S/C20H19NO5/c1-11-7-12(2)18(13(3)8-11)26-14-5-6-15-16(9-14)20(24)21(19(15)23)10-17(22)25-4/h5-9H,10H2,1-4H3. The van der Waals surface area contributed by atoms with Gasteiger partial charge in [-0.1, -0.05) is 17.7 Å². The molecular formula is C20H19NO5. The molecule has 0 bridgehead atoms. The van der Waals surface area contributed by atoms with Gasteiger partial charge in [0.25, 0.3) is 11.8 Å². The first-order chi connectivity index (χ1) is 12.3. The van der Waals surface area contributed by atoms with Gasteiger partial charge in [-0.05, 0) is 50.1 Å². The molecule has 0 saturated heterocycles. The van der Waals surface area contributed by atoms with Crippen molar-refractivity contribution in [2.24, 2.45) is 0 Å². The van der Waals surface area contributed by atoms with Crippen molar-refractivity contribution >= 4 is 17.8 Å². The summed E-state index contributed by atoms with van der Waals surface area (Å²) in [6.07, 6.45) is 0. The van der Waals surface area contributed by atoms with Crippen molar-refractivity contribution in [3.8, 4) is 11.5 Å². The van der Waals surface area contributed by atoms with Crippen LogP contribution in [0.4, 0.5) is 0 Å². The molecule has 1 aliphatic heterocycles. The average Bonchev–Trinajstić information content (AvgIpc) is 2.82. The van der Waals surface area contributed by atoms with Crippen LogP contribution in [0.5, 0.6) is 11.5 Å². The summed E-state index contributed by atoms with van der Waals surface area (Å²) in [5.41, 5.74) is 3.58. The number of ether oxygens (including phenoxy) is 2. The van der Waals surface area contributed by atoms with Gasteiger partial charge in [-0.25, -0.2) is 0 Å². The second kappa shape index (κ2) is 6.63. The Bertz CT molecular complexity index is 909. The topological polar surface area (TPSA) is 72.9 Å². The molecule has 0 atom stereocenters. The van der Waals surface area contributed by atoms with Crippen LogP contribution in [0.15, 0.2) is 30.3 Å². The Labute approximate surface area is 151 Å². The van der Waals surface area contributed by atoms with Crippen LogP contribution in [0.3, 0.4) is 0 Å². The monoisotopic (exact) mass is 353 g/mol. The Morgan fingerprint density at radius 2 is 1.58 bits per heavy atom. The predicted octanol–water partition coefficient (Wildman–Crippen LogP) is 3.17. The fourth-order valence-corrected chi connectivity index (χ4v) is 3.12. The van der Waals surface area contributed by atoms with Crippen molar-refractivity contribution in [2.75, 3.05) is 13.7 Å². The van der Waals surface area contributed by atoms with Crippen molar-refractivity contribution < 1.29 is 23.9 Å². The summed E-state index contributed by atoms with van der Waals surface area (Å²) in [6, 6.07) is 8.75. The highest BCUT2D eigenvalue weighted by atomic mass is 16.5. The van der Waals surface area contributed by atoms with Crippen molar-refractivity contribution in [1.29, 1.82) is 0 Å². The van der Waals surface area contributed by atoms with Gasteiger partial charge in [-0.15, -0.1) is 0 Å². The number of benzene rings is 2. The molecule has 1 heterocycles. The molecule has 0 spiro atoms. The van der Waals surface area contributed by atoms with E-state index in [9.17, 15) is 14.4 Å². The molecular weight excluding hydrogens is 334 g/mol. The lowest BCUT2D eigenvalue weighted by atomic mass is 10.1. The maximum atomic E-state index is 12.5. The SMILES string of the molecule is COC(=O)CN1C(=O)c2ccc(Oc3c(C)cc(C)cc3C)cc2C1=O. The van der Waals surface area contributed by atoms with Crippen LogP contribution in [0.2, 0.25) is 0 Å². The average molecular weight is 353 g/mol. The summed E-state index contributed by atoms with van der Waals surface area (Å²) >= 11 is 0. The highest BCUT2D eigenvalue weighted by molar-refractivity contribution is 6.22. The lowest BCUT2D eigenvalue weighted by Gasteiger charge is -2.13. The van der Waals surface area contributed by atoms with Crippen LogP contribution in [0.1, 0.15) is 37.4 Å². The Morgan fingerprint density at radius 1 is 0.962 bits per heavy atom. The molecule has 6 heteroatoms. The van der Waals surface area contributed by atoms with E-state index in [0.717, 1.165) is 27.3 Å². The fourth-order valence-electron chi connectivity index (χ4n) is 3.12. The molecule has 0 radical (unpaired) electrons. The van der Waals surface area contributed by atoms with Gasteiger partial charge >= 0.3 is 5.97 Å². The van der Waals surface area contributed by atoms with Crippen molar-refractivity contribution in [3.63, 3.8) is 0 Å². The second-order valence-corrected chi connectivity index (χ2v) is 6.31. The molecule has 0 N–H and O–H groups in total. The Morgan fingerprint density at radius 3 is 2.19 bits per heavy atom. The summed E-state index contributed by atoms with van der Waals surface area (Å²) in [7, 11) is 1.21. The van der Waals surface area contributed by atoms with Crippen LogP contribution in [-0.4, -0.2) is 36.3 Å². The van der Waals surface area contributed by atoms with E-state index in [1.54, 1.807) is 12.1 Å². The number of amides is 2. The zero-order valence-corrected chi connectivity index (χ0v) is 15.1. The number of carbonyl (C=O) groups excluding carboxylic acids is 3. The maximum absolute atomic E-state index is 12.5. The number of hydrogen-bond donors (Lipinski definition) is 0. The van der Waals surface area contributed by atoms with E-state index in [2.05, 4.69) is 4.74 Å². The summed E-state index contributed by atoms with van der Waals surface area (Å²) < 4.78 is 10.5. The molecule has 0 aromatic heterocycles. The number of carbonyl (C=O) groups is 3. The van der Waals surface area contributed by atoms with Gasteiger partial charge in [-0.3, -0.25) is 19.3 Å². The smallest absolute Gasteiger partial charge is 0.325 e. The molecule has 2 aromatic carbocycles. The number of aryl methyl sites for hydroxylation is 3. The fraction of sp³-hybridized carbons (Fsp3) is 0.250. The number of nitrogens with zero attached hydrogens (tertiary/aromatic N) is 1. The molecule has 0 unspecified atom stereocenters. The van der Waals surface area contributed by atoms with Gasteiger partial charge in [0, 0.05) is 0 Å². The summed E-state index contributed by atoms with van der Waals surface area (Å²) in [5, 5.41) is 0. The minimum absolute atomic E-state index is 0.221. The zero-order valence-electron chi connectivity index (χ0n) is 15.1. The van der Waals surface area contributed by atoms with E-state index in [-0.39, 0.29) is 11.1 Å². The van der Waals surface area contributed by atoms with E-state index in [0.29, 0.717) is 5.75 Å². The Kier molecular flexibility index (Phi) is 4.50. The van der Waals surface area contributed by atoms with Crippen LogP contribution >= 0.6 is 0 Å². The quantitative estimate of drug-likeness (QED) is 0.623. The Hall–Kier alpha value is -3.15. The maximum Gasteiger partial charge on any atom is 0.325 e. The number of esters is 1. The van der Waals surface area contributed by atoms with Crippen LogP contribution < -0.4 is 4.74 Å². The van der Waals surface area contributed by atoms with Gasteiger partial charge in [0.2, 0.25) is 0 Å². The van der Waals surface area contributed by atoms with E-state index < -0.39 is 24.3 Å². The second-order valence-electron chi connectivity index (χ2n) is 6.31. The minimum atomic E-state index is -0.651. The molecule has 26 heavy (non-hydrogen) atoms. The summed E-state index contributed by atoms with van der Waals surface area (Å²) in [4.78, 5) is 37.1. The van der Waals surface area contributed by atoms with Crippen LogP contribution in [0, 0.1) is 20.8 Å². The van der Waals surface area contributed by atoms with E-state index in [4.69, 9.17) is 4.74 Å². The van der Waals surface area contributed by atoms with Gasteiger partial charge in [-0.2, -0.15) is 0 Å². The molecule has 2 amide bonds. The highest BCUT2D eigenvalue weighted by Gasteiger charge is 2.37. The van der Waals surface area contributed by atoms with Gasteiger partial charge in [0.05, 0.1) is 18.2 Å². The lowest BCUT2D eigenvalue weighted by molar-refractivity contribution is -0.140. The first-order valence-electron chi connectivity index (χ1n) is 8.14. The molecule has 134 valence electrons. The van der Waals surface area contributed by atoms with Crippen molar-refractivity contribution in [2.45, 2.75) is 20.8 Å². The van der Waals surface area contributed by atoms with Gasteiger partial charge in [0.15, 0.2) is 0 Å². The third-order valence-corrected chi connectivity index (χ3v) is 4.28. The molecule has 0 fully saturated rings. The lowest BCUT2D eigenvalue weighted by Crippen LogP contribution is -2.35. The molecule has 3 rings (SSSR count). The molecule has 6 nitrogen and oxygen atoms in total. The predicted molar refractivity (Wildman–Crippen MR) is 94.6 cm³/mol. The zero-order chi connectivity index (χ0) is 19.0. The van der Waals surface area contributed by atoms with Crippen LogP contribution in [0.25, 0.3) is 0 Å². The number of hydrogen-bond acceptors (Lipinski definition) is 5. The van der Waals surface area contributed by atoms with Gasteiger partial charge in [0.1, 0.15) is 18.0 Å². The number of methoxy groups -OCH3 is 1. The Balaban J connectivity index is 1.91. The van der Waals surface area contributed by atoms with Crippen molar-refractivity contribution in [1.82, 2.24) is 4.90 Å². The third kappa shape index (κ3) is 3.06.